The molecule has 0 unspecified atom stereocenters. The number of carbonyl (C=O) groups is 2. The Hall–Kier alpha value is -2.31. The number of hydrogen-bond donors (Lipinski definition) is 2. The summed E-state index contributed by atoms with van der Waals surface area (Å²) in [6.45, 7) is 4.95. The lowest BCUT2D eigenvalue weighted by molar-refractivity contribution is -0.137. The van der Waals surface area contributed by atoms with Gasteiger partial charge in [-0.15, -0.1) is 0 Å². The fraction of sp³-hybridized carbons (Fsp3) is 0.300. The van der Waals surface area contributed by atoms with E-state index in [1.807, 2.05) is 0 Å². The van der Waals surface area contributed by atoms with Crippen LogP contribution in [0, 0.1) is 6.92 Å². The summed E-state index contributed by atoms with van der Waals surface area (Å²) < 4.78 is 5.93. The van der Waals surface area contributed by atoms with Gasteiger partial charge in [0.05, 0.1) is 0 Å². The number of anilines is 1. The Kier molecular flexibility index (Phi) is 4.27. The Morgan fingerprint density at radius 1 is 1.71 bits per heavy atom. The highest BCUT2D eigenvalue weighted by atomic mass is 16.5. The Bertz CT molecular complexity index is 439. The third-order valence-corrected chi connectivity index (χ3v) is 1.79. The van der Waals surface area contributed by atoms with Gasteiger partial charge in [-0.1, -0.05) is 12.7 Å². The van der Waals surface area contributed by atoms with Gasteiger partial charge in [-0.3, -0.25) is 14.8 Å². The Morgan fingerprint density at radius 3 is 3.00 bits per heavy atom. The van der Waals surface area contributed by atoms with Crippen molar-refractivity contribution in [3.8, 4) is 0 Å². The third kappa shape index (κ3) is 3.98. The zero-order valence-corrected chi connectivity index (χ0v) is 9.34. The van der Waals surface area contributed by atoms with Crippen molar-refractivity contribution in [3.63, 3.8) is 0 Å². The topological polar surface area (TPSA) is 93.5 Å². The van der Waals surface area contributed by atoms with E-state index in [1.165, 1.54) is 17.0 Å². The number of rotatable bonds is 5. The normalized spacial score (nSPS) is 9.71. The number of carboxylic acid groups (broad SMARTS) is 1. The van der Waals surface area contributed by atoms with Gasteiger partial charge in [0.2, 0.25) is 0 Å². The molecule has 1 amide bonds. The van der Waals surface area contributed by atoms with Crippen molar-refractivity contribution in [1.29, 1.82) is 0 Å². The highest BCUT2D eigenvalue weighted by Gasteiger charge is 2.10. The Balaban J connectivity index is 2.64. The summed E-state index contributed by atoms with van der Waals surface area (Å²) in [4.78, 5) is 21.7. The standard InChI is InChI=1S/C10H13N3O4/c1-3-4-17-10(16)11-9-7(2)5-13(12-9)6-8(14)15/h3,5H,1,4,6H2,2H3,(H,14,15)(H,11,12,16). The molecule has 2 N–H and O–H groups in total. The summed E-state index contributed by atoms with van der Waals surface area (Å²) >= 11 is 0. The Labute approximate surface area is 97.7 Å². The minimum Gasteiger partial charge on any atom is -0.480 e. The van der Waals surface area contributed by atoms with Crippen molar-refractivity contribution in [2.75, 3.05) is 11.9 Å². The first-order valence-electron chi connectivity index (χ1n) is 4.83. The van der Waals surface area contributed by atoms with Gasteiger partial charge in [0.1, 0.15) is 13.2 Å². The van der Waals surface area contributed by atoms with Crippen LogP contribution < -0.4 is 5.32 Å². The summed E-state index contributed by atoms with van der Waals surface area (Å²) in [5, 5.41) is 14.9. The number of amides is 1. The van der Waals surface area contributed by atoms with E-state index in [4.69, 9.17) is 9.84 Å². The summed E-state index contributed by atoms with van der Waals surface area (Å²) in [6, 6.07) is 0. The average molecular weight is 239 g/mol. The number of carboxylic acids is 1. The van der Waals surface area contributed by atoms with Gasteiger partial charge in [0, 0.05) is 11.8 Å². The number of ether oxygens (including phenoxy) is 1. The second kappa shape index (κ2) is 5.69. The predicted octanol–water partition coefficient (Wildman–Crippen LogP) is 1.01. The van der Waals surface area contributed by atoms with Crippen LogP contribution in [0.5, 0.6) is 0 Å². The monoisotopic (exact) mass is 239 g/mol. The van der Waals surface area contributed by atoms with Crippen molar-refractivity contribution in [3.05, 3.63) is 24.4 Å². The summed E-state index contributed by atoms with van der Waals surface area (Å²) in [7, 11) is 0. The van der Waals surface area contributed by atoms with Crippen LogP contribution in [0.1, 0.15) is 5.56 Å². The fourth-order valence-corrected chi connectivity index (χ4v) is 1.13. The summed E-state index contributed by atoms with van der Waals surface area (Å²) in [5.41, 5.74) is 0.654. The van der Waals surface area contributed by atoms with E-state index >= 15 is 0 Å². The third-order valence-electron chi connectivity index (χ3n) is 1.79. The second-order valence-electron chi connectivity index (χ2n) is 3.26. The minimum atomic E-state index is -1.01. The first-order valence-corrected chi connectivity index (χ1v) is 4.83. The molecule has 1 heterocycles. The zero-order chi connectivity index (χ0) is 12.8. The van der Waals surface area contributed by atoms with Gasteiger partial charge in [0.15, 0.2) is 5.82 Å². The maximum atomic E-state index is 11.2. The van der Waals surface area contributed by atoms with Crippen LogP contribution in [0.25, 0.3) is 0 Å². The molecule has 17 heavy (non-hydrogen) atoms. The number of aromatic nitrogens is 2. The van der Waals surface area contributed by atoms with Gasteiger partial charge in [0.25, 0.3) is 0 Å². The smallest absolute Gasteiger partial charge is 0.413 e. The molecule has 0 aromatic carbocycles. The molecule has 1 rings (SSSR count). The molecule has 7 nitrogen and oxygen atoms in total. The number of hydrogen-bond acceptors (Lipinski definition) is 4. The molecule has 0 saturated carbocycles. The lowest BCUT2D eigenvalue weighted by atomic mass is 10.4. The van der Waals surface area contributed by atoms with Crippen LogP contribution in [-0.4, -0.2) is 33.6 Å². The van der Waals surface area contributed by atoms with E-state index in [0.717, 1.165) is 0 Å². The number of aliphatic carboxylic acids is 1. The number of aryl methyl sites for hydroxylation is 1. The SMILES string of the molecule is C=CCOC(=O)Nc1nn(CC(=O)O)cc1C. The average Bonchev–Trinajstić information content (AvgIpc) is 2.55. The van der Waals surface area contributed by atoms with Crippen LogP contribution in [0.15, 0.2) is 18.9 Å². The summed E-state index contributed by atoms with van der Waals surface area (Å²) in [6.07, 6.45) is 2.31. The number of nitrogens with one attached hydrogen (secondary N) is 1. The maximum absolute atomic E-state index is 11.2. The molecular formula is C10H13N3O4. The molecular weight excluding hydrogens is 226 g/mol. The van der Waals surface area contributed by atoms with Crippen molar-refractivity contribution >= 4 is 17.9 Å². The van der Waals surface area contributed by atoms with Crippen molar-refractivity contribution in [1.82, 2.24) is 9.78 Å². The largest absolute Gasteiger partial charge is 0.480 e. The molecule has 0 fully saturated rings. The van der Waals surface area contributed by atoms with Crippen LogP contribution in [-0.2, 0) is 16.1 Å². The molecule has 92 valence electrons. The van der Waals surface area contributed by atoms with Gasteiger partial charge in [-0.25, -0.2) is 4.79 Å². The lowest BCUT2D eigenvalue weighted by Gasteiger charge is -2.02. The molecule has 0 saturated heterocycles. The van der Waals surface area contributed by atoms with Crippen LogP contribution >= 0.6 is 0 Å². The van der Waals surface area contributed by atoms with Crippen molar-refractivity contribution in [2.24, 2.45) is 0 Å². The predicted molar refractivity (Wildman–Crippen MR) is 59.8 cm³/mol. The molecule has 0 spiro atoms. The van der Waals surface area contributed by atoms with Gasteiger partial charge < -0.3 is 9.84 Å². The number of nitrogens with zero attached hydrogens (tertiary/aromatic N) is 2. The van der Waals surface area contributed by atoms with Crippen molar-refractivity contribution < 1.29 is 19.4 Å². The van der Waals surface area contributed by atoms with E-state index in [0.29, 0.717) is 5.56 Å². The van der Waals surface area contributed by atoms with Crippen LogP contribution in [0.2, 0.25) is 0 Å². The molecule has 1 aromatic heterocycles. The fourth-order valence-electron chi connectivity index (χ4n) is 1.13. The first kappa shape index (κ1) is 12.8. The maximum Gasteiger partial charge on any atom is 0.413 e. The van der Waals surface area contributed by atoms with Gasteiger partial charge >= 0.3 is 12.1 Å². The zero-order valence-electron chi connectivity index (χ0n) is 9.34. The summed E-state index contributed by atoms with van der Waals surface area (Å²) in [5.74, 6) is -0.728. The Morgan fingerprint density at radius 2 is 2.41 bits per heavy atom. The molecule has 1 aromatic rings. The second-order valence-corrected chi connectivity index (χ2v) is 3.26. The highest BCUT2D eigenvalue weighted by molar-refractivity contribution is 5.84. The molecule has 7 heteroatoms. The van der Waals surface area contributed by atoms with E-state index in [2.05, 4.69) is 17.0 Å². The lowest BCUT2D eigenvalue weighted by Crippen LogP contribution is -2.15. The molecule has 0 aliphatic carbocycles. The highest BCUT2D eigenvalue weighted by Crippen LogP contribution is 2.11. The minimum absolute atomic E-state index is 0.0979. The van der Waals surface area contributed by atoms with E-state index in [-0.39, 0.29) is 19.0 Å². The molecule has 0 aliphatic rings. The van der Waals surface area contributed by atoms with E-state index < -0.39 is 12.1 Å². The molecule has 0 atom stereocenters. The van der Waals surface area contributed by atoms with Gasteiger partial charge in [-0.2, -0.15) is 5.10 Å². The van der Waals surface area contributed by atoms with E-state index in [1.54, 1.807) is 6.92 Å². The van der Waals surface area contributed by atoms with E-state index in [9.17, 15) is 9.59 Å². The molecule has 0 bridgehead atoms. The quantitative estimate of drug-likeness (QED) is 0.748. The van der Waals surface area contributed by atoms with Crippen molar-refractivity contribution in [2.45, 2.75) is 13.5 Å². The van der Waals surface area contributed by atoms with Crippen LogP contribution in [0.4, 0.5) is 10.6 Å². The van der Waals surface area contributed by atoms with Gasteiger partial charge in [-0.05, 0) is 6.92 Å². The number of carbonyl (C=O) groups excluding carboxylic acids is 1. The first-order chi connectivity index (χ1) is 8.02. The molecule has 0 radical (unpaired) electrons. The van der Waals surface area contributed by atoms with Crippen LogP contribution in [0.3, 0.4) is 0 Å². The molecule has 0 aliphatic heterocycles.